The highest BCUT2D eigenvalue weighted by Crippen LogP contribution is 2.32. The Balaban J connectivity index is 1.80. The molecule has 0 aromatic heterocycles. The third-order valence-electron chi connectivity index (χ3n) is 4.28. The minimum Gasteiger partial charge on any atom is -0.310 e. The van der Waals surface area contributed by atoms with Crippen LogP contribution in [0.5, 0.6) is 0 Å². The second-order valence-corrected chi connectivity index (χ2v) is 5.78. The number of rotatable bonds is 8. The number of benzene rings is 1. The molecule has 1 unspecified atom stereocenters. The van der Waals surface area contributed by atoms with Crippen molar-refractivity contribution in [2.24, 2.45) is 5.92 Å². The van der Waals surface area contributed by atoms with Crippen LogP contribution in [0.1, 0.15) is 44.7 Å². The third-order valence-corrected chi connectivity index (χ3v) is 4.28. The van der Waals surface area contributed by atoms with Gasteiger partial charge in [-0.1, -0.05) is 38.1 Å². The van der Waals surface area contributed by atoms with Gasteiger partial charge in [-0.25, -0.2) is 0 Å². The molecule has 19 heavy (non-hydrogen) atoms. The second kappa shape index (κ2) is 7.06. The van der Waals surface area contributed by atoms with Crippen LogP contribution in [0.2, 0.25) is 0 Å². The maximum atomic E-state index is 3.63. The van der Waals surface area contributed by atoms with E-state index in [4.69, 9.17) is 0 Å². The Kier molecular flexibility index (Phi) is 5.41. The first-order valence-electron chi connectivity index (χ1n) is 7.76. The van der Waals surface area contributed by atoms with E-state index in [9.17, 15) is 0 Å². The fourth-order valence-corrected chi connectivity index (χ4v) is 2.51. The van der Waals surface area contributed by atoms with Gasteiger partial charge in [-0.05, 0) is 49.9 Å². The average molecular weight is 260 g/mol. The van der Waals surface area contributed by atoms with Crippen LogP contribution in [-0.2, 0) is 13.1 Å². The minimum atomic E-state index is 0.676. The molecule has 0 bridgehead atoms. The smallest absolute Gasteiger partial charge is 0.0233 e. The summed E-state index contributed by atoms with van der Waals surface area (Å²) in [5.41, 5.74) is 2.82. The van der Waals surface area contributed by atoms with Crippen molar-refractivity contribution in [2.45, 2.75) is 52.7 Å². The molecule has 1 aromatic carbocycles. The van der Waals surface area contributed by atoms with Crippen LogP contribution in [-0.4, -0.2) is 24.0 Å². The highest BCUT2D eigenvalue weighted by atomic mass is 15.1. The normalized spacial score (nSPS) is 16.8. The van der Waals surface area contributed by atoms with E-state index in [0.29, 0.717) is 6.04 Å². The molecule has 106 valence electrons. The van der Waals surface area contributed by atoms with Gasteiger partial charge in [0.05, 0.1) is 0 Å². The molecule has 1 atom stereocenters. The van der Waals surface area contributed by atoms with Crippen molar-refractivity contribution in [1.29, 1.82) is 0 Å². The Hall–Kier alpha value is -0.860. The summed E-state index contributed by atoms with van der Waals surface area (Å²) in [5.74, 6) is 0.932. The van der Waals surface area contributed by atoms with Gasteiger partial charge in [-0.2, -0.15) is 0 Å². The Bertz CT molecular complexity index is 363. The second-order valence-electron chi connectivity index (χ2n) is 5.78. The van der Waals surface area contributed by atoms with Gasteiger partial charge < -0.3 is 5.32 Å². The summed E-state index contributed by atoms with van der Waals surface area (Å²) in [6, 6.07) is 9.76. The quantitative estimate of drug-likeness (QED) is 0.770. The molecule has 1 aliphatic carbocycles. The van der Waals surface area contributed by atoms with Gasteiger partial charge in [0, 0.05) is 19.1 Å². The van der Waals surface area contributed by atoms with Crippen LogP contribution in [0, 0.1) is 5.92 Å². The lowest BCUT2D eigenvalue weighted by atomic mass is 10.1. The van der Waals surface area contributed by atoms with Gasteiger partial charge in [-0.3, -0.25) is 4.90 Å². The largest absolute Gasteiger partial charge is 0.310 e. The van der Waals surface area contributed by atoms with E-state index in [1.807, 2.05) is 0 Å². The van der Waals surface area contributed by atoms with Crippen molar-refractivity contribution in [3.63, 3.8) is 0 Å². The fraction of sp³-hybridized carbons (Fsp3) is 0.647. The monoisotopic (exact) mass is 260 g/mol. The van der Waals surface area contributed by atoms with Crippen molar-refractivity contribution in [3.05, 3.63) is 35.4 Å². The van der Waals surface area contributed by atoms with Crippen molar-refractivity contribution >= 4 is 0 Å². The topological polar surface area (TPSA) is 15.3 Å². The molecule has 0 radical (unpaired) electrons. The molecule has 2 nitrogen and oxygen atoms in total. The maximum Gasteiger partial charge on any atom is 0.0233 e. The van der Waals surface area contributed by atoms with E-state index < -0.39 is 0 Å². The molecule has 0 spiro atoms. The SMILES string of the molecule is CCN(CC)Cc1ccc(CNC(C)C2CC2)cc1. The summed E-state index contributed by atoms with van der Waals surface area (Å²) in [6.07, 6.45) is 2.83. The van der Waals surface area contributed by atoms with E-state index in [0.717, 1.165) is 32.1 Å². The summed E-state index contributed by atoms with van der Waals surface area (Å²) >= 11 is 0. The Labute approximate surface area is 118 Å². The highest BCUT2D eigenvalue weighted by Gasteiger charge is 2.27. The zero-order valence-electron chi connectivity index (χ0n) is 12.7. The number of nitrogens with one attached hydrogen (secondary N) is 1. The number of hydrogen-bond acceptors (Lipinski definition) is 2. The van der Waals surface area contributed by atoms with Gasteiger partial charge in [0.15, 0.2) is 0 Å². The van der Waals surface area contributed by atoms with E-state index in [1.54, 1.807) is 0 Å². The fourth-order valence-electron chi connectivity index (χ4n) is 2.51. The molecular formula is C17H28N2. The molecule has 0 saturated heterocycles. The molecule has 1 aromatic rings. The standard InChI is InChI=1S/C17H28N2/c1-4-19(5-2)13-16-8-6-15(7-9-16)12-18-14(3)17-10-11-17/h6-9,14,17-18H,4-5,10-13H2,1-3H3. The lowest BCUT2D eigenvalue weighted by molar-refractivity contribution is 0.296. The first kappa shape index (κ1) is 14.5. The van der Waals surface area contributed by atoms with Crippen LogP contribution < -0.4 is 5.32 Å². The van der Waals surface area contributed by atoms with Crippen LogP contribution in [0.3, 0.4) is 0 Å². The molecule has 2 heteroatoms. The van der Waals surface area contributed by atoms with Crippen molar-refractivity contribution in [2.75, 3.05) is 13.1 Å². The van der Waals surface area contributed by atoms with Crippen LogP contribution in [0.15, 0.2) is 24.3 Å². The summed E-state index contributed by atoms with van der Waals surface area (Å²) in [7, 11) is 0. The van der Waals surface area contributed by atoms with Crippen LogP contribution >= 0.6 is 0 Å². The Morgan fingerprint density at radius 2 is 1.68 bits per heavy atom. The first-order chi connectivity index (χ1) is 9.22. The molecule has 0 aliphatic heterocycles. The van der Waals surface area contributed by atoms with Crippen LogP contribution in [0.4, 0.5) is 0 Å². The highest BCUT2D eigenvalue weighted by molar-refractivity contribution is 5.22. The summed E-state index contributed by atoms with van der Waals surface area (Å²) in [5, 5.41) is 3.63. The van der Waals surface area contributed by atoms with E-state index >= 15 is 0 Å². The van der Waals surface area contributed by atoms with Crippen LogP contribution in [0.25, 0.3) is 0 Å². The van der Waals surface area contributed by atoms with Crippen molar-refractivity contribution in [1.82, 2.24) is 10.2 Å². The maximum absolute atomic E-state index is 3.63. The van der Waals surface area contributed by atoms with Crippen molar-refractivity contribution < 1.29 is 0 Å². The molecule has 0 heterocycles. The zero-order valence-corrected chi connectivity index (χ0v) is 12.7. The summed E-state index contributed by atoms with van der Waals surface area (Å²) < 4.78 is 0. The summed E-state index contributed by atoms with van der Waals surface area (Å²) in [4.78, 5) is 2.45. The van der Waals surface area contributed by atoms with Gasteiger partial charge >= 0.3 is 0 Å². The van der Waals surface area contributed by atoms with Gasteiger partial charge in [0.2, 0.25) is 0 Å². The minimum absolute atomic E-state index is 0.676. The van der Waals surface area contributed by atoms with Gasteiger partial charge in [-0.15, -0.1) is 0 Å². The Morgan fingerprint density at radius 1 is 1.11 bits per heavy atom. The molecule has 1 fully saturated rings. The number of hydrogen-bond donors (Lipinski definition) is 1. The molecular weight excluding hydrogens is 232 g/mol. The molecule has 0 amide bonds. The molecule has 1 N–H and O–H groups in total. The summed E-state index contributed by atoms with van der Waals surface area (Å²) in [6.45, 7) is 11.1. The zero-order chi connectivity index (χ0) is 13.7. The Morgan fingerprint density at radius 3 is 2.21 bits per heavy atom. The van der Waals surface area contributed by atoms with E-state index in [-0.39, 0.29) is 0 Å². The van der Waals surface area contributed by atoms with E-state index in [2.05, 4.69) is 55.3 Å². The molecule has 1 aliphatic rings. The lowest BCUT2D eigenvalue weighted by Crippen LogP contribution is -2.27. The predicted molar refractivity (Wildman–Crippen MR) is 82.1 cm³/mol. The molecule has 2 rings (SSSR count). The van der Waals surface area contributed by atoms with Gasteiger partial charge in [0.25, 0.3) is 0 Å². The average Bonchev–Trinajstić information content (AvgIpc) is 3.28. The number of nitrogens with zero attached hydrogens (tertiary/aromatic N) is 1. The third kappa shape index (κ3) is 4.63. The van der Waals surface area contributed by atoms with Gasteiger partial charge in [0.1, 0.15) is 0 Å². The van der Waals surface area contributed by atoms with Crippen molar-refractivity contribution in [3.8, 4) is 0 Å². The van der Waals surface area contributed by atoms with E-state index in [1.165, 1.54) is 24.0 Å². The predicted octanol–water partition coefficient (Wildman–Crippen LogP) is 3.42. The first-order valence-corrected chi connectivity index (χ1v) is 7.76. The lowest BCUT2D eigenvalue weighted by Gasteiger charge is -2.18. The molecule has 1 saturated carbocycles.